The molecule has 0 aliphatic rings. The molecule has 0 bridgehead atoms. The van der Waals surface area contributed by atoms with Gasteiger partial charge in [0.25, 0.3) is 0 Å². The van der Waals surface area contributed by atoms with Gasteiger partial charge in [0.15, 0.2) is 0 Å². The highest BCUT2D eigenvalue weighted by atomic mass is 16.5. The molecular formula is C28H25N3O. The average molecular weight is 420 g/mol. The van der Waals surface area contributed by atoms with Gasteiger partial charge in [-0.2, -0.15) is 0 Å². The van der Waals surface area contributed by atoms with E-state index in [4.69, 9.17) is 9.72 Å². The third-order valence-corrected chi connectivity index (χ3v) is 5.09. The number of hydrogen-bond acceptors (Lipinski definition) is 4. The number of hydrogen-bond donors (Lipinski definition) is 0. The lowest BCUT2D eigenvalue weighted by atomic mass is 10.1. The van der Waals surface area contributed by atoms with Crippen molar-refractivity contribution in [1.29, 1.82) is 0 Å². The van der Waals surface area contributed by atoms with Gasteiger partial charge in [-0.15, -0.1) is 0 Å². The van der Waals surface area contributed by atoms with E-state index in [1.807, 2.05) is 61.7 Å². The van der Waals surface area contributed by atoms with Crippen LogP contribution in [0, 0.1) is 0 Å². The average Bonchev–Trinajstić information content (AvgIpc) is 2.86. The normalized spacial score (nSPS) is 12.4. The fraction of sp³-hybridized carbons (Fsp3) is 0.107. The predicted molar refractivity (Wildman–Crippen MR) is 132 cm³/mol. The summed E-state index contributed by atoms with van der Waals surface area (Å²) in [7, 11) is 1.74. The number of aromatic nitrogens is 2. The molecule has 2 aromatic carbocycles. The van der Waals surface area contributed by atoms with Crippen LogP contribution in [0.1, 0.15) is 18.1 Å². The summed E-state index contributed by atoms with van der Waals surface area (Å²) >= 11 is 0. The molecule has 32 heavy (non-hydrogen) atoms. The molecule has 0 amide bonds. The van der Waals surface area contributed by atoms with Crippen LogP contribution in [0.2, 0.25) is 0 Å². The molecule has 4 rings (SSSR count). The van der Waals surface area contributed by atoms with Crippen molar-refractivity contribution in [1.82, 2.24) is 9.97 Å². The summed E-state index contributed by atoms with van der Waals surface area (Å²) in [6.45, 7) is 2.40. The summed E-state index contributed by atoms with van der Waals surface area (Å²) in [4.78, 5) is 13.4. The topological polar surface area (TPSA) is 47.4 Å². The summed E-state index contributed by atoms with van der Waals surface area (Å²) in [6.07, 6.45) is 9.51. The maximum atomic E-state index is 6.10. The van der Waals surface area contributed by atoms with E-state index >= 15 is 0 Å². The number of benzene rings is 2. The summed E-state index contributed by atoms with van der Waals surface area (Å²) in [6, 6.07) is 24.5. The fourth-order valence-corrected chi connectivity index (χ4v) is 3.42. The van der Waals surface area contributed by atoms with Gasteiger partial charge in [-0.1, -0.05) is 66.7 Å². The van der Waals surface area contributed by atoms with E-state index < -0.39 is 0 Å². The Hall–Kier alpha value is -4.05. The number of aliphatic imine (C=N–C) groups is 1. The molecule has 2 aromatic heterocycles. The van der Waals surface area contributed by atoms with E-state index in [9.17, 15) is 0 Å². The second-order valence-electron chi connectivity index (χ2n) is 7.25. The Morgan fingerprint density at radius 2 is 1.81 bits per heavy atom. The zero-order valence-corrected chi connectivity index (χ0v) is 18.3. The number of allylic oxidation sites excluding steroid dienone is 3. The van der Waals surface area contributed by atoms with Crippen LogP contribution in [0.3, 0.4) is 0 Å². The minimum atomic E-state index is 0.422. The van der Waals surface area contributed by atoms with Gasteiger partial charge in [0.05, 0.1) is 11.2 Å². The van der Waals surface area contributed by atoms with Gasteiger partial charge in [0.2, 0.25) is 5.90 Å². The molecule has 0 N–H and O–H groups in total. The van der Waals surface area contributed by atoms with Crippen molar-refractivity contribution in [2.45, 2.75) is 13.5 Å². The van der Waals surface area contributed by atoms with Crippen LogP contribution >= 0.6 is 0 Å². The number of para-hydroxylation sites is 1. The van der Waals surface area contributed by atoms with Gasteiger partial charge in [-0.05, 0) is 36.8 Å². The Balaban J connectivity index is 1.50. The lowest BCUT2D eigenvalue weighted by molar-refractivity contribution is 0.296. The molecule has 0 radical (unpaired) electrons. The van der Waals surface area contributed by atoms with E-state index in [2.05, 4.69) is 52.4 Å². The van der Waals surface area contributed by atoms with Gasteiger partial charge in [-0.3, -0.25) is 9.98 Å². The molecule has 158 valence electrons. The van der Waals surface area contributed by atoms with Crippen molar-refractivity contribution in [2.75, 3.05) is 7.05 Å². The van der Waals surface area contributed by atoms with E-state index in [-0.39, 0.29) is 0 Å². The van der Waals surface area contributed by atoms with Crippen molar-refractivity contribution in [2.24, 2.45) is 4.99 Å². The van der Waals surface area contributed by atoms with E-state index in [1.54, 1.807) is 13.2 Å². The zero-order chi connectivity index (χ0) is 22.2. The number of rotatable bonds is 6. The minimum absolute atomic E-state index is 0.422. The van der Waals surface area contributed by atoms with Gasteiger partial charge in [0, 0.05) is 41.5 Å². The second kappa shape index (κ2) is 10.3. The third-order valence-electron chi connectivity index (χ3n) is 5.09. The summed E-state index contributed by atoms with van der Waals surface area (Å²) in [5.41, 5.74) is 5.96. The smallest absolute Gasteiger partial charge is 0.216 e. The predicted octanol–water partition coefficient (Wildman–Crippen LogP) is 6.50. The number of ether oxygens (including phenoxy) is 1. The molecule has 4 aromatic rings. The lowest BCUT2D eigenvalue weighted by Crippen LogP contribution is -2.08. The highest BCUT2D eigenvalue weighted by Gasteiger charge is 2.11. The molecule has 0 aliphatic heterocycles. The molecule has 4 nitrogen and oxygen atoms in total. The minimum Gasteiger partial charge on any atom is -0.473 e. The van der Waals surface area contributed by atoms with Crippen molar-refractivity contribution in [3.8, 4) is 11.3 Å². The number of nitrogens with zero attached hydrogens (tertiary/aromatic N) is 3. The van der Waals surface area contributed by atoms with Crippen LogP contribution in [0.15, 0.2) is 108 Å². The summed E-state index contributed by atoms with van der Waals surface area (Å²) < 4.78 is 6.10. The van der Waals surface area contributed by atoms with Crippen molar-refractivity contribution < 1.29 is 4.74 Å². The highest BCUT2D eigenvalue weighted by molar-refractivity contribution is 6.19. The first-order valence-corrected chi connectivity index (χ1v) is 10.6. The molecule has 4 heteroatoms. The van der Waals surface area contributed by atoms with Crippen LogP contribution in [0.25, 0.3) is 27.7 Å². The summed E-state index contributed by atoms with van der Waals surface area (Å²) in [5.74, 6) is 0.580. The van der Waals surface area contributed by atoms with E-state index in [0.29, 0.717) is 12.5 Å². The van der Waals surface area contributed by atoms with Crippen molar-refractivity contribution in [3.05, 3.63) is 115 Å². The van der Waals surface area contributed by atoms with Crippen LogP contribution in [0.4, 0.5) is 0 Å². The monoisotopic (exact) mass is 419 g/mol. The molecule has 0 atom stereocenters. The molecule has 0 saturated carbocycles. The molecule has 0 spiro atoms. The SMILES string of the molecule is C\C=C/C=C(\C(=N/C)OCc1ccc(-c2ccc3ccccc3n2)cc1)c1cccnc1. The maximum Gasteiger partial charge on any atom is 0.216 e. The third kappa shape index (κ3) is 4.98. The number of fused-ring (bicyclic) bond motifs is 1. The van der Waals surface area contributed by atoms with Gasteiger partial charge in [-0.25, -0.2) is 4.98 Å². The van der Waals surface area contributed by atoms with Crippen molar-refractivity contribution in [3.63, 3.8) is 0 Å². The maximum absolute atomic E-state index is 6.10. The van der Waals surface area contributed by atoms with E-state index in [0.717, 1.165) is 38.9 Å². The van der Waals surface area contributed by atoms with Gasteiger partial charge >= 0.3 is 0 Å². The van der Waals surface area contributed by atoms with Gasteiger partial charge < -0.3 is 4.74 Å². The lowest BCUT2D eigenvalue weighted by Gasteiger charge is -2.13. The highest BCUT2D eigenvalue weighted by Crippen LogP contribution is 2.22. The second-order valence-corrected chi connectivity index (χ2v) is 7.25. The fourth-order valence-electron chi connectivity index (χ4n) is 3.42. The van der Waals surface area contributed by atoms with Crippen LogP contribution in [0.5, 0.6) is 0 Å². The Bertz CT molecular complexity index is 1270. The Morgan fingerprint density at radius 3 is 2.56 bits per heavy atom. The first-order valence-electron chi connectivity index (χ1n) is 10.6. The molecule has 0 fully saturated rings. The summed E-state index contributed by atoms with van der Waals surface area (Å²) in [5, 5.41) is 1.14. The van der Waals surface area contributed by atoms with Crippen LogP contribution in [-0.4, -0.2) is 22.9 Å². The number of pyridine rings is 2. The zero-order valence-electron chi connectivity index (χ0n) is 18.3. The Kier molecular flexibility index (Phi) is 6.83. The largest absolute Gasteiger partial charge is 0.473 e. The van der Waals surface area contributed by atoms with Gasteiger partial charge in [0.1, 0.15) is 6.61 Å². The molecule has 0 saturated heterocycles. The first-order chi connectivity index (χ1) is 15.8. The molecule has 2 heterocycles. The quantitative estimate of drug-likeness (QED) is 0.204. The first kappa shape index (κ1) is 21.2. The standard InChI is InChI=1S/C28H25N3O/c1-3-4-10-25(24-9-7-18-30-19-24)28(29-2)32-20-21-12-14-23(15-13-21)27-17-16-22-8-5-6-11-26(22)31-27/h3-19H,20H2,1-2H3/b4-3-,25-10-,29-28+. The van der Waals surface area contributed by atoms with Crippen LogP contribution in [-0.2, 0) is 11.3 Å². The molecule has 0 aliphatic carbocycles. The Labute approximate surface area is 188 Å². The van der Waals surface area contributed by atoms with E-state index in [1.165, 1.54) is 0 Å². The van der Waals surface area contributed by atoms with Crippen LogP contribution < -0.4 is 0 Å². The molecular weight excluding hydrogens is 394 g/mol. The van der Waals surface area contributed by atoms with Crippen molar-refractivity contribution >= 4 is 22.4 Å². The molecule has 0 unspecified atom stereocenters. The Morgan fingerprint density at radius 1 is 0.969 bits per heavy atom.